The third-order valence-electron chi connectivity index (χ3n) is 4.36. The molecule has 2 heterocycles. The highest BCUT2D eigenvalue weighted by atomic mass is 35.5. The number of nitrogens with zero attached hydrogens (tertiary/aromatic N) is 3. The van der Waals surface area contributed by atoms with Crippen molar-refractivity contribution in [2.45, 2.75) is 6.18 Å². The van der Waals surface area contributed by atoms with Crippen LogP contribution in [0.4, 0.5) is 34.2 Å². The Bertz CT molecular complexity index is 1310. The Hall–Kier alpha value is -3.57. The predicted molar refractivity (Wildman–Crippen MR) is 117 cm³/mol. The Labute approximate surface area is 193 Å². The molecule has 0 aliphatic rings. The van der Waals surface area contributed by atoms with Crippen molar-refractivity contribution in [3.63, 3.8) is 0 Å². The first kappa shape index (κ1) is 22.6. The van der Waals surface area contributed by atoms with E-state index in [4.69, 9.17) is 11.6 Å². The molecule has 2 N–H and O–H groups in total. The number of carbonyl (C=O) groups is 1. The summed E-state index contributed by atoms with van der Waals surface area (Å²) < 4.78 is 53.2. The van der Waals surface area contributed by atoms with Crippen molar-refractivity contribution < 1.29 is 22.4 Å². The summed E-state index contributed by atoms with van der Waals surface area (Å²) in [5.41, 5.74) is -0.735. The molecule has 6 nitrogen and oxygen atoms in total. The molecule has 1 amide bonds. The van der Waals surface area contributed by atoms with Crippen molar-refractivity contribution in [1.29, 1.82) is 0 Å². The van der Waals surface area contributed by atoms with E-state index < -0.39 is 23.5 Å². The molecule has 0 saturated carbocycles. The van der Waals surface area contributed by atoms with Gasteiger partial charge >= 0.3 is 6.18 Å². The summed E-state index contributed by atoms with van der Waals surface area (Å²) in [6, 6.07) is 10.9. The minimum absolute atomic E-state index is 0.0121. The van der Waals surface area contributed by atoms with E-state index in [1.165, 1.54) is 23.8 Å². The van der Waals surface area contributed by atoms with Crippen LogP contribution in [0.25, 0.3) is 11.3 Å². The van der Waals surface area contributed by atoms with Gasteiger partial charge in [-0.25, -0.2) is 19.3 Å². The first-order chi connectivity index (χ1) is 15.7. The monoisotopic (exact) mass is 493 g/mol. The molecule has 0 spiro atoms. The third-order valence-corrected chi connectivity index (χ3v) is 5.32. The molecular weight excluding hydrogens is 482 g/mol. The fourth-order valence-electron chi connectivity index (χ4n) is 2.83. The van der Waals surface area contributed by atoms with Gasteiger partial charge in [0.15, 0.2) is 5.13 Å². The number of benzene rings is 2. The van der Waals surface area contributed by atoms with Crippen LogP contribution < -0.4 is 10.6 Å². The molecule has 0 atom stereocenters. The van der Waals surface area contributed by atoms with Crippen molar-refractivity contribution in [3.05, 3.63) is 82.3 Å². The lowest BCUT2D eigenvalue weighted by molar-refractivity contribution is -0.139. The highest BCUT2D eigenvalue weighted by Crippen LogP contribution is 2.36. The van der Waals surface area contributed by atoms with E-state index >= 15 is 0 Å². The van der Waals surface area contributed by atoms with E-state index in [0.717, 1.165) is 17.4 Å². The summed E-state index contributed by atoms with van der Waals surface area (Å²) in [4.78, 5) is 24.4. The molecule has 0 radical (unpaired) electrons. The van der Waals surface area contributed by atoms with Crippen LogP contribution in [-0.4, -0.2) is 20.9 Å². The number of nitrogens with one attached hydrogen (secondary N) is 2. The summed E-state index contributed by atoms with van der Waals surface area (Å²) in [5.74, 6) is -1.43. The molecule has 0 aliphatic carbocycles. The van der Waals surface area contributed by atoms with Gasteiger partial charge < -0.3 is 5.32 Å². The number of aromatic nitrogens is 3. The smallest absolute Gasteiger partial charge is 0.340 e. The van der Waals surface area contributed by atoms with Crippen molar-refractivity contribution >= 4 is 45.5 Å². The van der Waals surface area contributed by atoms with E-state index in [0.29, 0.717) is 23.1 Å². The number of rotatable bonds is 5. The van der Waals surface area contributed by atoms with Crippen LogP contribution >= 0.6 is 22.9 Å². The highest BCUT2D eigenvalue weighted by Gasteiger charge is 2.35. The summed E-state index contributed by atoms with van der Waals surface area (Å²) >= 11 is 6.78. The van der Waals surface area contributed by atoms with Crippen LogP contribution in [0.15, 0.2) is 60.2 Å². The lowest BCUT2D eigenvalue weighted by atomic mass is 10.1. The van der Waals surface area contributed by atoms with Gasteiger partial charge in [-0.2, -0.15) is 13.2 Å². The number of anilines is 3. The molecule has 0 bridgehead atoms. The third kappa shape index (κ3) is 5.26. The molecule has 168 valence electrons. The fraction of sp³-hybridized carbons (Fsp3) is 0.0476. The number of alkyl halides is 3. The summed E-state index contributed by atoms with van der Waals surface area (Å²) in [6.45, 7) is 0. The summed E-state index contributed by atoms with van der Waals surface area (Å²) in [6.07, 6.45) is -3.52. The molecule has 2 aromatic heterocycles. The molecule has 33 heavy (non-hydrogen) atoms. The highest BCUT2D eigenvalue weighted by molar-refractivity contribution is 7.14. The quantitative estimate of drug-likeness (QED) is 0.248. The van der Waals surface area contributed by atoms with Crippen molar-refractivity contribution in [2.75, 3.05) is 10.6 Å². The first-order valence-corrected chi connectivity index (χ1v) is 10.4. The van der Waals surface area contributed by atoms with Gasteiger partial charge in [0.05, 0.1) is 11.3 Å². The van der Waals surface area contributed by atoms with Crippen LogP contribution in [0.2, 0.25) is 5.15 Å². The normalized spacial score (nSPS) is 11.3. The van der Waals surface area contributed by atoms with Crippen LogP contribution in [-0.2, 0) is 6.18 Å². The number of amides is 1. The Morgan fingerprint density at radius 3 is 2.52 bits per heavy atom. The van der Waals surface area contributed by atoms with E-state index in [1.54, 1.807) is 24.3 Å². The van der Waals surface area contributed by atoms with Crippen LogP contribution in [0.1, 0.15) is 15.9 Å². The second kappa shape index (κ2) is 9.12. The molecule has 12 heteroatoms. The van der Waals surface area contributed by atoms with Crippen molar-refractivity contribution in [2.24, 2.45) is 0 Å². The minimum Gasteiger partial charge on any atom is -0.340 e. The largest absolute Gasteiger partial charge is 0.419 e. The maximum Gasteiger partial charge on any atom is 0.419 e. The lowest BCUT2D eigenvalue weighted by Gasteiger charge is -2.09. The first-order valence-electron chi connectivity index (χ1n) is 9.18. The molecule has 0 saturated heterocycles. The molecule has 4 aromatic rings. The summed E-state index contributed by atoms with van der Waals surface area (Å²) in [7, 11) is 0. The van der Waals surface area contributed by atoms with E-state index in [9.17, 15) is 22.4 Å². The molecule has 0 fully saturated rings. The van der Waals surface area contributed by atoms with Crippen molar-refractivity contribution in [3.8, 4) is 11.3 Å². The fourth-order valence-corrected chi connectivity index (χ4v) is 3.68. The Morgan fingerprint density at radius 1 is 1.06 bits per heavy atom. The Balaban J connectivity index is 1.46. The van der Waals surface area contributed by atoms with Crippen LogP contribution in [0.5, 0.6) is 0 Å². The van der Waals surface area contributed by atoms with Gasteiger partial charge in [-0.15, -0.1) is 11.3 Å². The van der Waals surface area contributed by atoms with Crippen LogP contribution in [0.3, 0.4) is 0 Å². The maximum atomic E-state index is 14.3. The van der Waals surface area contributed by atoms with E-state index in [2.05, 4.69) is 25.6 Å². The average molecular weight is 494 g/mol. The van der Waals surface area contributed by atoms with Gasteiger partial charge in [0, 0.05) is 28.3 Å². The standard InChI is InChI=1S/C21H12ClF4N5OS/c22-16-8-17(28-10-27-16)29-12-6-4-11(5-7-12)19(32)31-20-30-15(9-33-20)13-2-1-3-14(18(13)23)21(24,25)26/h1-10H,(H,27,28,29)(H,30,31,32). The summed E-state index contributed by atoms with van der Waals surface area (Å²) in [5, 5.41) is 7.32. The Kier molecular flexibility index (Phi) is 6.25. The van der Waals surface area contributed by atoms with Gasteiger partial charge in [-0.05, 0) is 36.4 Å². The molecule has 4 rings (SSSR count). The lowest BCUT2D eigenvalue weighted by Crippen LogP contribution is -2.11. The SMILES string of the molecule is O=C(Nc1nc(-c2cccc(C(F)(F)F)c2F)cs1)c1ccc(Nc2cc(Cl)ncn2)cc1. The van der Waals surface area contributed by atoms with Gasteiger partial charge in [0.1, 0.15) is 23.1 Å². The molecule has 2 aromatic carbocycles. The van der Waals surface area contributed by atoms with Gasteiger partial charge in [0.25, 0.3) is 5.91 Å². The van der Waals surface area contributed by atoms with Gasteiger partial charge in [0.2, 0.25) is 0 Å². The Morgan fingerprint density at radius 2 is 1.82 bits per heavy atom. The number of hydrogen-bond acceptors (Lipinski definition) is 6. The molecule has 0 unspecified atom stereocenters. The molecular formula is C21H12ClF4N5OS. The van der Waals surface area contributed by atoms with Gasteiger partial charge in [-0.1, -0.05) is 17.7 Å². The minimum atomic E-state index is -4.83. The predicted octanol–water partition coefficient (Wildman–Crippen LogP) is 6.41. The second-order valence-electron chi connectivity index (χ2n) is 6.59. The van der Waals surface area contributed by atoms with E-state index in [1.807, 2.05) is 0 Å². The molecule has 0 aliphatic heterocycles. The number of carbonyl (C=O) groups excluding carboxylic acids is 1. The topological polar surface area (TPSA) is 79.8 Å². The zero-order chi connectivity index (χ0) is 23.6. The zero-order valence-electron chi connectivity index (χ0n) is 16.3. The second-order valence-corrected chi connectivity index (χ2v) is 7.83. The number of halogens is 5. The van der Waals surface area contributed by atoms with E-state index in [-0.39, 0.29) is 21.5 Å². The van der Waals surface area contributed by atoms with Crippen LogP contribution in [0, 0.1) is 5.82 Å². The zero-order valence-corrected chi connectivity index (χ0v) is 17.9. The van der Waals surface area contributed by atoms with Gasteiger partial charge in [-0.3, -0.25) is 10.1 Å². The average Bonchev–Trinajstić information content (AvgIpc) is 3.21. The number of hydrogen-bond donors (Lipinski definition) is 2. The number of thiazole rings is 1. The maximum absolute atomic E-state index is 14.3. The van der Waals surface area contributed by atoms with Crippen molar-refractivity contribution in [1.82, 2.24) is 15.0 Å².